The molecule has 4 rings (SSSR count). The summed E-state index contributed by atoms with van der Waals surface area (Å²) < 4.78 is 34.0. The molecule has 1 saturated carbocycles. The largest absolute Gasteiger partial charge is 0.480 e. The Balaban J connectivity index is 1.66. The lowest BCUT2D eigenvalue weighted by Crippen LogP contribution is -2.51. The highest BCUT2D eigenvalue weighted by molar-refractivity contribution is 7.91. The number of aliphatic carboxylic acids is 1. The fourth-order valence-corrected chi connectivity index (χ4v) is 7.10. The number of carboxylic acid groups (broad SMARTS) is 1. The van der Waals surface area contributed by atoms with E-state index in [-0.39, 0.29) is 23.8 Å². The van der Waals surface area contributed by atoms with Gasteiger partial charge in [-0.25, -0.2) is 8.42 Å². The van der Waals surface area contributed by atoms with Crippen LogP contribution in [0.4, 0.5) is 0 Å². The molecule has 1 aliphatic rings. The minimum Gasteiger partial charge on any atom is -0.480 e. The lowest BCUT2D eigenvalue weighted by atomic mass is 9.90. The molecule has 0 aliphatic heterocycles. The van der Waals surface area contributed by atoms with Crippen molar-refractivity contribution in [3.05, 3.63) is 77.3 Å². The fraction of sp³-hybridized carbons (Fsp3) is 0.250. The van der Waals surface area contributed by atoms with Gasteiger partial charge >= 0.3 is 5.97 Å². The number of amides is 1. The van der Waals surface area contributed by atoms with Crippen LogP contribution in [0.5, 0.6) is 0 Å². The van der Waals surface area contributed by atoms with Crippen LogP contribution in [0.15, 0.2) is 70.9 Å². The molecule has 1 aliphatic carbocycles. The number of nitrogens with one attached hydrogen (secondary N) is 2. The Bertz CT molecular complexity index is 1340. The average Bonchev–Trinajstić information content (AvgIpc) is 3.21. The maximum absolute atomic E-state index is 13.4. The molecule has 0 saturated heterocycles. The van der Waals surface area contributed by atoms with Crippen molar-refractivity contribution in [2.45, 2.75) is 21.6 Å². The van der Waals surface area contributed by atoms with Gasteiger partial charge in [-0.05, 0) is 41.8 Å². The average molecular weight is 535 g/mol. The number of carbonyl (C=O) groups excluding carboxylic acids is 1. The minimum atomic E-state index is -4.20. The zero-order valence-electron chi connectivity index (χ0n) is 18.7. The summed E-state index contributed by atoms with van der Waals surface area (Å²) in [6.07, 6.45) is -0.0265. The van der Waals surface area contributed by atoms with Gasteiger partial charge in [0, 0.05) is 29.0 Å². The van der Waals surface area contributed by atoms with Gasteiger partial charge in [0.05, 0.1) is 0 Å². The van der Waals surface area contributed by atoms with E-state index in [1.807, 2.05) is 0 Å². The molecule has 1 amide bonds. The summed E-state index contributed by atoms with van der Waals surface area (Å²) in [5.41, 5.74) is -1.61. The third-order valence-electron chi connectivity index (χ3n) is 6.10. The van der Waals surface area contributed by atoms with E-state index in [0.29, 0.717) is 15.5 Å². The predicted octanol–water partition coefficient (Wildman–Crippen LogP) is 3.27. The molecule has 0 bridgehead atoms. The van der Waals surface area contributed by atoms with Gasteiger partial charge in [-0.1, -0.05) is 54.1 Å². The van der Waals surface area contributed by atoms with Gasteiger partial charge in [0.2, 0.25) is 5.91 Å². The van der Waals surface area contributed by atoms with Crippen LogP contribution in [-0.2, 0) is 29.8 Å². The van der Waals surface area contributed by atoms with Gasteiger partial charge in [-0.15, -0.1) is 11.3 Å². The Morgan fingerprint density at radius 3 is 2.40 bits per heavy atom. The van der Waals surface area contributed by atoms with E-state index in [9.17, 15) is 23.1 Å². The molecule has 1 unspecified atom stereocenters. The van der Waals surface area contributed by atoms with Crippen molar-refractivity contribution in [3.8, 4) is 10.4 Å². The van der Waals surface area contributed by atoms with Crippen LogP contribution in [0.1, 0.15) is 12.0 Å². The Morgan fingerprint density at radius 2 is 1.77 bits per heavy atom. The van der Waals surface area contributed by atoms with E-state index in [1.165, 1.54) is 13.2 Å². The topological polar surface area (TPSA) is 122 Å². The Kier molecular flexibility index (Phi) is 7.03. The predicted molar refractivity (Wildman–Crippen MR) is 133 cm³/mol. The van der Waals surface area contributed by atoms with E-state index < -0.39 is 32.9 Å². The highest BCUT2D eigenvalue weighted by atomic mass is 35.5. The Hall–Kier alpha value is -2.76. The second-order valence-corrected chi connectivity index (χ2v) is 11.7. The number of rotatable bonds is 10. The number of benzene rings is 2. The summed E-state index contributed by atoms with van der Waals surface area (Å²) >= 11 is 6.96. The number of carboxylic acids is 1. The minimum absolute atomic E-state index is 0.0136. The van der Waals surface area contributed by atoms with Crippen molar-refractivity contribution in [1.82, 2.24) is 10.0 Å². The first-order valence-corrected chi connectivity index (χ1v) is 13.3. The van der Waals surface area contributed by atoms with Gasteiger partial charge in [0.1, 0.15) is 16.4 Å². The quantitative estimate of drug-likeness (QED) is 0.367. The van der Waals surface area contributed by atoms with E-state index >= 15 is 0 Å². The van der Waals surface area contributed by atoms with Gasteiger partial charge in [0.15, 0.2) is 0 Å². The number of halogens is 1. The summed E-state index contributed by atoms with van der Waals surface area (Å²) in [5, 5.41) is 13.5. The number of sulfonamides is 1. The molecule has 1 aromatic heterocycles. The van der Waals surface area contributed by atoms with Gasteiger partial charge in [-0.2, -0.15) is 4.72 Å². The fourth-order valence-electron chi connectivity index (χ4n) is 4.23. The van der Waals surface area contributed by atoms with Crippen LogP contribution < -0.4 is 10.0 Å². The first kappa shape index (κ1) is 25.3. The zero-order chi connectivity index (χ0) is 25.3. The molecule has 184 valence electrons. The molecular formula is C24H23ClN2O6S2. The second kappa shape index (κ2) is 9.71. The van der Waals surface area contributed by atoms with Crippen molar-refractivity contribution in [1.29, 1.82) is 0 Å². The Labute approximate surface area is 211 Å². The van der Waals surface area contributed by atoms with Crippen molar-refractivity contribution in [2.75, 3.05) is 20.3 Å². The van der Waals surface area contributed by atoms with Gasteiger partial charge in [-0.3, -0.25) is 9.59 Å². The monoisotopic (exact) mass is 534 g/mol. The van der Waals surface area contributed by atoms with E-state index in [0.717, 1.165) is 16.9 Å². The number of hydrogen-bond donors (Lipinski definition) is 3. The van der Waals surface area contributed by atoms with Crippen LogP contribution >= 0.6 is 22.9 Å². The van der Waals surface area contributed by atoms with Gasteiger partial charge < -0.3 is 15.2 Å². The van der Waals surface area contributed by atoms with Crippen molar-refractivity contribution < 1.29 is 27.9 Å². The summed E-state index contributed by atoms with van der Waals surface area (Å²) in [4.78, 5) is 25.3. The highest BCUT2D eigenvalue weighted by Crippen LogP contribution is 2.58. The third kappa shape index (κ3) is 4.85. The molecular weight excluding hydrogens is 512 g/mol. The summed E-state index contributed by atoms with van der Waals surface area (Å²) in [7, 11) is -2.83. The van der Waals surface area contributed by atoms with E-state index in [4.69, 9.17) is 16.3 Å². The number of carbonyl (C=O) groups is 2. The van der Waals surface area contributed by atoms with Crippen LogP contribution in [-0.4, -0.2) is 51.2 Å². The molecule has 3 N–H and O–H groups in total. The van der Waals surface area contributed by atoms with Crippen molar-refractivity contribution in [2.24, 2.45) is 0 Å². The van der Waals surface area contributed by atoms with E-state index in [2.05, 4.69) is 10.0 Å². The number of thiophene rings is 1. The summed E-state index contributed by atoms with van der Waals surface area (Å²) in [6.45, 7) is -0.270. The first-order chi connectivity index (χ1) is 16.6. The highest BCUT2D eigenvalue weighted by Gasteiger charge is 2.74. The van der Waals surface area contributed by atoms with Crippen LogP contribution in [0.2, 0.25) is 5.02 Å². The smallest absolute Gasteiger partial charge is 0.325 e. The lowest BCUT2D eigenvalue weighted by Gasteiger charge is -2.24. The van der Waals surface area contributed by atoms with Crippen LogP contribution in [0, 0.1) is 0 Å². The Morgan fingerprint density at radius 1 is 1.09 bits per heavy atom. The summed E-state index contributed by atoms with van der Waals surface area (Å²) in [5.74, 6) is -1.75. The lowest BCUT2D eigenvalue weighted by molar-refractivity contribution is -0.141. The molecule has 35 heavy (non-hydrogen) atoms. The summed E-state index contributed by atoms with van der Waals surface area (Å²) in [6, 6.07) is 18.8. The number of hydrogen-bond acceptors (Lipinski definition) is 6. The van der Waals surface area contributed by atoms with Crippen molar-refractivity contribution >= 4 is 44.8 Å². The molecule has 0 spiro atoms. The number of methoxy groups -OCH3 is 1. The molecule has 1 fully saturated rings. The number of ether oxygens (including phenoxy) is 1. The molecule has 2 atom stereocenters. The standard InChI is InChI=1S/C24H23ClN2O6S2/c1-33-13-20(28)26-15-23(17-5-3-2-4-6-17)14-24(23,22(29)30)27-35(31,32)21-12-11-19(34-21)16-7-9-18(25)10-8-16/h2-12,27H,13-15H2,1H3,(H,26,28)(H,29,30)/t23-,24?/m1/s1. The zero-order valence-corrected chi connectivity index (χ0v) is 21.0. The molecule has 0 radical (unpaired) electrons. The van der Waals surface area contributed by atoms with Crippen molar-refractivity contribution in [3.63, 3.8) is 0 Å². The maximum atomic E-state index is 13.4. The second-order valence-electron chi connectivity index (χ2n) is 8.28. The SMILES string of the molecule is COCC(=O)NC[C@@]1(c2ccccc2)CC1(NS(=O)(=O)c1ccc(-c2ccc(Cl)cc2)s1)C(=O)O. The van der Waals surface area contributed by atoms with Crippen LogP contribution in [0.25, 0.3) is 10.4 Å². The molecule has 1 heterocycles. The normalized spacial score (nSPS) is 21.4. The van der Waals surface area contributed by atoms with Crippen LogP contribution in [0.3, 0.4) is 0 Å². The molecule has 3 aromatic rings. The third-order valence-corrected chi connectivity index (χ3v) is 9.47. The molecule has 8 nitrogen and oxygen atoms in total. The van der Waals surface area contributed by atoms with Gasteiger partial charge in [0.25, 0.3) is 10.0 Å². The molecule has 11 heteroatoms. The first-order valence-electron chi connectivity index (χ1n) is 10.6. The maximum Gasteiger partial charge on any atom is 0.325 e. The van der Waals surface area contributed by atoms with E-state index in [1.54, 1.807) is 60.7 Å². The molecule has 2 aromatic carbocycles.